The van der Waals surface area contributed by atoms with Crippen LogP contribution in [0.5, 0.6) is 0 Å². The summed E-state index contributed by atoms with van der Waals surface area (Å²) in [5.74, 6) is -4.55. The number of carbonyl (C=O) groups is 5. The Hall–Kier alpha value is -4.31. The summed E-state index contributed by atoms with van der Waals surface area (Å²) < 4.78 is 38.1. The molecule has 2 bridgehead atoms. The average Bonchev–Trinajstić information content (AvgIpc) is 3.95. The van der Waals surface area contributed by atoms with Gasteiger partial charge >= 0.3 is 5.97 Å². The number of rotatable bonds is 13. The molecule has 1 saturated carbocycles. The van der Waals surface area contributed by atoms with E-state index < -0.39 is 90.9 Å². The van der Waals surface area contributed by atoms with Gasteiger partial charge in [-0.15, -0.1) is 5.10 Å². The van der Waals surface area contributed by atoms with Gasteiger partial charge in [0.15, 0.2) is 5.78 Å². The van der Waals surface area contributed by atoms with Gasteiger partial charge in [0, 0.05) is 52.6 Å². The predicted octanol–water partition coefficient (Wildman–Crippen LogP) is 5.74. The highest BCUT2D eigenvalue weighted by Gasteiger charge is 2.51. The van der Waals surface area contributed by atoms with Crippen molar-refractivity contribution in [3.63, 3.8) is 0 Å². The highest BCUT2D eigenvalue weighted by atomic mass is 16.6. The lowest BCUT2D eigenvalue weighted by molar-refractivity contribution is -0.184. The zero-order valence-corrected chi connectivity index (χ0v) is 48.2. The fraction of sp³-hybridized carbons (Fsp3) is 0.746. The normalized spacial score (nSPS) is 35.9. The van der Waals surface area contributed by atoms with Gasteiger partial charge < -0.3 is 53.7 Å². The van der Waals surface area contributed by atoms with Gasteiger partial charge in [0.2, 0.25) is 0 Å². The maximum atomic E-state index is 14.7. The molecule has 4 heterocycles. The van der Waals surface area contributed by atoms with E-state index in [2.05, 4.69) is 10.3 Å². The molecule has 15 atom stereocenters. The summed E-state index contributed by atoms with van der Waals surface area (Å²) in [4.78, 5) is 73.4. The molecular weight excluding hydrogens is 1000 g/mol. The van der Waals surface area contributed by atoms with Crippen LogP contribution in [-0.4, -0.2) is 172 Å². The second kappa shape index (κ2) is 29.9. The van der Waals surface area contributed by atoms with Crippen LogP contribution < -0.4 is 0 Å². The van der Waals surface area contributed by atoms with Crippen LogP contribution in [0.4, 0.5) is 0 Å². The first kappa shape index (κ1) is 64.5. The molecule has 3 fully saturated rings. The van der Waals surface area contributed by atoms with Gasteiger partial charge in [-0.2, -0.15) is 0 Å². The summed E-state index contributed by atoms with van der Waals surface area (Å²) in [5, 5.41) is 49.3. The molecule has 5 rings (SSSR count). The zero-order valence-electron chi connectivity index (χ0n) is 48.2. The van der Waals surface area contributed by atoms with Gasteiger partial charge in [-0.05, 0) is 120 Å². The van der Waals surface area contributed by atoms with Crippen LogP contribution in [0.3, 0.4) is 0 Å². The summed E-state index contributed by atoms with van der Waals surface area (Å²) in [6.45, 7) is 13.3. The molecule has 1 aromatic rings. The lowest BCUT2D eigenvalue weighted by Gasteiger charge is -2.44. The van der Waals surface area contributed by atoms with E-state index >= 15 is 0 Å². The fourth-order valence-electron chi connectivity index (χ4n) is 11.7. The number of hydrogen-bond donors (Lipinski definition) is 4. The van der Waals surface area contributed by atoms with Crippen LogP contribution in [0.2, 0.25) is 0 Å². The monoisotopic (exact) mass is 1100 g/mol. The van der Waals surface area contributed by atoms with Crippen molar-refractivity contribution in [3.8, 4) is 0 Å². The van der Waals surface area contributed by atoms with Gasteiger partial charge in [-0.1, -0.05) is 76.3 Å². The molecule has 438 valence electrons. The van der Waals surface area contributed by atoms with E-state index in [9.17, 15) is 44.4 Å². The van der Waals surface area contributed by atoms with Crippen molar-refractivity contribution in [1.29, 1.82) is 0 Å². The molecule has 3 aliphatic heterocycles. The Bertz CT molecular complexity index is 2270. The Kier molecular flexibility index (Phi) is 24.8. The van der Waals surface area contributed by atoms with E-state index in [1.165, 1.54) is 22.9 Å². The number of aliphatic hydroxyl groups is 4. The minimum absolute atomic E-state index is 0.0181. The third kappa shape index (κ3) is 16.2. The summed E-state index contributed by atoms with van der Waals surface area (Å²) in [6.07, 6.45) is 14.1. The number of ether oxygens (including phenoxy) is 6. The van der Waals surface area contributed by atoms with Gasteiger partial charge in [0.05, 0.1) is 57.0 Å². The maximum Gasteiger partial charge on any atom is 0.329 e. The summed E-state index contributed by atoms with van der Waals surface area (Å²) >= 11 is 0. The molecule has 1 aliphatic carbocycles. The third-order valence-corrected chi connectivity index (χ3v) is 17.3. The number of aromatic nitrogens is 3. The molecule has 0 unspecified atom stereocenters. The standard InChI is InChI=1S/C59H92N4O15/c1-36-17-13-12-14-18-37(2)49(73-9)29-45-22-20-42(7)58(8,78-45)55(70)56(71)62-24-16-15-19-46(62)57(72)77-50(30-47(67)38(3)26-41(6)53(69)54(75-11)52(68)40(5)25-36)39(4)27-43-21-23-48(51(28-43)74-10)76-32-44-31-63(61-60-44)59(33-64,34-65)35-66/h12-14,17-18,26,31,36,38-40,42-43,45-46,48-51,53-54,64-66,69H,15-16,19-25,27-30,32-35H2,1-11H3/b14-12+,17-13+,37-18+,41-26+/t36-,38-,39-,40-,42-,43+,45+,46+,48-,49+,50+,51-,53-,54+,58-/m1/s1. The van der Waals surface area contributed by atoms with Crippen LogP contribution in [0.1, 0.15) is 138 Å². The third-order valence-electron chi connectivity index (χ3n) is 17.3. The zero-order chi connectivity index (χ0) is 57.5. The van der Waals surface area contributed by atoms with Crippen molar-refractivity contribution in [2.45, 2.75) is 199 Å². The number of Topliss-reactive ketones (excluding diaryl/α,β-unsaturated/α-hetero) is 3. The summed E-state index contributed by atoms with van der Waals surface area (Å²) in [5.41, 5.74) is -1.12. The molecule has 0 aromatic carbocycles. The van der Waals surface area contributed by atoms with E-state index in [1.807, 2.05) is 65.0 Å². The molecule has 4 N–H and O–H groups in total. The smallest absolute Gasteiger partial charge is 0.329 e. The molecule has 1 amide bonds. The van der Waals surface area contributed by atoms with Gasteiger partial charge in [-0.3, -0.25) is 19.2 Å². The molecule has 0 radical (unpaired) electrons. The first-order valence-corrected chi connectivity index (χ1v) is 28.2. The van der Waals surface area contributed by atoms with Crippen molar-refractivity contribution in [2.24, 2.45) is 35.5 Å². The SMILES string of the molecule is CO[C@H]1C[C@@H]2CC[C@@H](C)[C@@](C)(O2)C(=O)C(=O)N2CCCC[C@H]2C(=O)O[C@H]([C@H](C)C[C@@H]2CC[C@@H](OCc3cn(C(CO)(CO)CO)nn3)[C@H](OC)C2)CC(=O)[C@H](C)/C=C(\C)[C@@H](O)[C@@H](OC)C(=O)[C@H](C)C[C@H](C)/C=C/C=C/C=C/1C. The first-order valence-electron chi connectivity index (χ1n) is 28.2. The maximum absolute atomic E-state index is 14.7. The van der Waals surface area contributed by atoms with Crippen LogP contribution in [0.15, 0.2) is 53.8 Å². The number of cyclic esters (lactones) is 1. The second-order valence-electron chi connectivity index (χ2n) is 23.1. The second-order valence-corrected chi connectivity index (χ2v) is 23.1. The van der Waals surface area contributed by atoms with E-state index in [0.717, 1.165) is 12.0 Å². The van der Waals surface area contributed by atoms with Crippen LogP contribution in [-0.2, 0) is 64.5 Å². The van der Waals surface area contributed by atoms with Crippen molar-refractivity contribution in [3.05, 3.63) is 59.5 Å². The van der Waals surface area contributed by atoms with Crippen LogP contribution in [0, 0.1) is 35.5 Å². The molecular formula is C59H92N4O15. The summed E-state index contributed by atoms with van der Waals surface area (Å²) in [7, 11) is 4.62. The molecule has 1 aromatic heterocycles. The highest BCUT2D eigenvalue weighted by Crippen LogP contribution is 2.39. The number of ketones is 3. The van der Waals surface area contributed by atoms with Crippen molar-refractivity contribution in [1.82, 2.24) is 19.9 Å². The highest BCUT2D eigenvalue weighted by molar-refractivity contribution is 6.39. The Labute approximate surface area is 462 Å². The van der Waals surface area contributed by atoms with E-state index in [1.54, 1.807) is 41.1 Å². The number of hydrogen-bond acceptors (Lipinski definition) is 17. The molecule has 78 heavy (non-hydrogen) atoms. The van der Waals surface area contributed by atoms with Crippen molar-refractivity contribution in [2.75, 3.05) is 47.7 Å². The molecule has 4 aliphatic rings. The van der Waals surface area contributed by atoms with E-state index in [-0.39, 0.29) is 79.5 Å². The average molecular weight is 1100 g/mol. The quantitative estimate of drug-likeness (QED) is 0.104. The summed E-state index contributed by atoms with van der Waals surface area (Å²) in [6, 6.07) is -1.08. The lowest BCUT2D eigenvalue weighted by atomic mass is 9.78. The number of esters is 1. The number of methoxy groups -OCH3 is 3. The Balaban J connectivity index is 1.42. The van der Waals surface area contributed by atoms with Gasteiger partial charge in [0.25, 0.3) is 11.7 Å². The minimum Gasteiger partial charge on any atom is -0.460 e. The topological polar surface area (TPSA) is 256 Å². The number of nitrogens with zero attached hydrogens (tertiary/aromatic N) is 4. The molecule has 2 saturated heterocycles. The minimum atomic E-state index is -1.47. The number of amides is 1. The van der Waals surface area contributed by atoms with Gasteiger partial charge in [0.1, 0.15) is 47.0 Å². The van der Waals surface area contributed by atoms with E-state index in [0.29, 0.717) is 69.1 Å². The van der Waals surface area contributed by atoms with Crippen molar-refractivity contribution >= 4 is 29.2 Å². The Morgan fingerprint density at radius 2 is 1.56 bits per heavy atom. The number of aliphatic hydroxyl groups excluding tert-OH is 4. The predicted molar refractivity (Wildman–Crippen MR) is 290 cm³/mol. The van der Waals surface area contributed by atoms with E-state index in [4.69, 9.17) is 28.4 Å². The fourth-order valence-corrected chi connectivity index (χ4v) is 11.7. The molecule has 19 nitrogen and oxygen atoms in total. The molecule has 0 spiro atoms. The number of allylic oxidation sites excluding steroid dienone is 6. The number of fused-ring (bicyclic) bond motifs is 3. The van der Waals surface area contributed by atoms with Crippen LogP contribution >= 0.6 is 0 Å². The largest absolute Gasteiger partial charge is 0.460 e. The Morgan fingerprint density at radius 1 is 0.846 bits per heavy atom. The molecule has 19 heteroatoms. The number of carbonyl (C=O) groups excluding carboxylic acids is 5. The van der Waals surface area contributed by atoms with Crippen LogP contribution in [0.25, 0.3) is 0 Å². The Morgan fingerprint density at radius 3 is 2.23 bits per heavy atom. The number of piperidine rings is 1. The lowest BCUT2D eigenvalue weighted by Crippen LogP contribution is -2.59. The first-order chi connectivity index (χ1) is 37.1. The van der Waals surface area contributed by atoms with Crippen molar-refractivity contribution < 1.29 is 72.8 Å². The van der Waals surface area contributed by atoms with Gasteiger partial charge in [-0.25, -0.2) is 9.48 Å².